The molecule has 150 valence electrons. The van der Waals surface area contributed by atoms with Crippen LogP contribution in [0.25, 0.3) is 11.4 Å². The number of fused-ring (bicyclic) bond motifs is 1. The van der Waals surface area contributed by atoms with E-state index >= 15 is 0 Å². The largest absolute Gasteiger partial charge is 0.325 e. The predicted octanol–water partition coefficient (Wildman–Crippen LogP) is 5.46. The van der Waals surface area contributed by atoms with Gasteiger partial charge in [0.25, 0.3) is 0 Å². The predicted molar refractivity (Wildman–Crippen MR) is 121 cm³/mol. The number of aromatic nitrogens is 3. The van der Waals surface area contributed by atoms with E-state index < -0.39 is 0 Å². The van der Waals surface area contributed by atoms with E-state index in [0.717, 1.165) is 29.5 Å². The van der Waals surface area contributed by atoms with Gasteiger partial charge in [0.2, 0.25) is 5.91 Å². The lowest BCUT2D eigenvalue weighted by molar-refractivity contribution is -0.113. The number of carbonyl (C=O) groups is 1. The molecule has 1 aliphatic rings. The molecule has 0 radical (unpaired) electrons. The fraction of sp³-hybridized carbons (Fsp3) is 0.286. The van der Waals surface area contributed by atoms with E-state index in [1.54, 1.807) is 24.3 Å². The van der Waals surface area contributed by atoms with Crippen molar-refractivity contribution in [2.24, 2.45) is 0 Å². The van der Waals surface area contributed by atoms with Crippen LogP contribution in [-0.2, 0) is 24.2 Å². The minimum atomic E-state index is -0.0973. The summed E-state index contributed by atoms with van der Waals surface area (Å²) in [4.78, 5) is 13.8. The molecule has 4 rings (SSSR count). The third-order valence-corrected chi connectivity index (χ3v) is 7.10. The summed E-state index contributed by atoms with van der Waals surface area (Å²) in [6.45, 7) is 4.48. The summed E-state index contributed by atoms with van der Waals surface area (Å²) in [5, 5.41) is 15.3. The molecule has 29 heavy (non-hydrogen) atoms. The first-order valence-electron chi connectivity index (χ1n) is 9.47. The lowest BCUT2D eigenvalue weighted by Crippen LogP contribution is -2.14. The van der Waals surface area contributed by atoms with E-state index in [9.17, 15) is 4.79 Å². The average molecular weight is 445 g/mol. The van der Waals surface area contributed by atoms with E-state index in [2.05, 4.69) is 27.5 Å². The Kier molecular flexibility index (Phi) is 6.37. The molecule has 1 N–H and O–H groups in total. The van der Waals surface area contributed by atoms with Crippen LogP contribution in [0.3, 0.4) is 0 Å². The van der Waals surface area contributed by atoms with Gasteiger partial charge in [0.15, 0.2) is 11.0 Å². The van der Waals surface area contributed by atoms with Gasteiger partial charge in [0.1, 0.15) is 0 Å². The SMILES string of the molecule is C=CCn1c(SCC(=O)Nc2ccc(Cl)cc2)nnc1-c1csc2c1CCCC2. The molecule has 2 heterocycles. The summed E-state index contributed by atoms with van der Waals surface area (Å²) >= 11 is 9.08. The average Bonchev–Trinajstić information content (AvgIpc) is 3.32. The van der Waals surface area contributed by atoms with E-state index in [0.29, 0.717) is 11.6 Å². The standard InChI is InChI=1S/C21H21ClN4OS2/c1-2-11-26-20(17-12-28-18-6-4-3-5-16(17)18)24-25-21(26)29-13-19(27)23-15-9-7-14(22)8-10-15/h2,7-10,12H,1,3-6,11,13H2,(H,23,27). The van der Waals surface area contributed by atoms with Crippen LogP contribution < -0.4 is 5.32 Å². The van der Waals surface area contributed by atoms with Gasteiger partial charge in [-0.3, -0.25) is 9.36 Å². The molecule has 1 aromatic carbocycles. The number of hydrogen-bond donors (Lipinski definition) is 1. The van der Waals surface area contributed by atoms with Crippen LogP contribution in [-0.4, -0.2) is 26.4 Å². The molecule has 8 heteroatoms. The van der Waals surface area contributed by atoms with Crippen LogP contribution in [0, 0.1) is 0 Å². The molecule has 0 saturated carbocycles. The van der Waals surface area contributed by atoms with Crippen molar-refractivity contribution in [2.75, 3.05) is 11.1 Å². The van der Waals surface area contributed by atoms with Crippen molar-refractivity contribution in [3.8, 4) is 11.4 Å². The van der Waals surface area contributed by atoms with Crippen molar-refractivity contribution in [1.29, 1.82) is 0 Å². The molecule has 0 spiro atoms. The summed E-state index contributed by atoms with van der Waals surface area (Å²) in [5.41, 5.74) is 3.31. The first-order chi connectivity index (χ1) is 14.2. The molecule has 0 bridgehead atoms. The van der Waals surface area contributed by atoms with Gasteiger partial charge in [-0.05, 0) is 55.5 Å². The van der Waals surface area contributed by atoms with Crippen LogP contribution in [0.15, 0.2) is 47.5 Å². The van der Waals surface area contributed by atoms with E-state index in [1.165, 1.54) is 40.6 Å². The normalized spacial score (nSPS) is 13.1. The first kappa shape index (κ1) is 20.2. The van der Waals surface area contributed by atoms with Crippen molar-refractivity contribution in [3.63, 3.8) is 0 Å². The minimum Gasteiger partial charge on any atom is -0.325 e. The fourth-order valence-corrected chi connectivity index (χ4v) is 5.43. The molecule has 1 amide bonds. The molecule has 0 saturated heterocycles. The number of aryl methyl sites for hydroxylation is 1. The molecule has 2 aromatic heterocycles. The summed E-state index contributed by atoms with van der Waals surface area (Å²) in [6, 6.07) is 7.06. The molecular weight excluding hydrogens is 424 g/mol. The number of hydrogen-bond acceptors (Lipinski definition) is 5. The Bertz CT molecular complexity index is 1030. The first-order valence-corrected chi connectivity index (χ1v) is 11.7. The number of amides is 1. The molecule has 0 fully saturated rings. The van der Waals surface area contributed by atoms with Gasteiger partial charge in [0.05, 0.1) is 5.75 Å². The molecule has 3 aromatic rings. The highest BCUT2D eigenvalue weighted by molar-refractivity contribution is 7.99. The summed E-state index contributed by atoms with van der Waals surface area (Å²) in [5.74, 6) is 1.02. The Morgan fingerprint density at radius 1 is 1.28 bits per heavy atom. The highest BCUT2D eigenvalue weighted by Crippen LogP contribution is 2.36. The molecule has 1 aliphatic carbocycles. The lowest BCUT2D eigenvalue weighted by Gasteiger charge is -2.13. The topological polar surface area (TPSA) is 59.8 Å². The summed E-state index contributed by atoms with van der Waals surface area (Å²) in [7, 11) is 0. The molecule has 0 unspecified atom stereocenters. The van der Waals surface area contributed by atoms with Crippen molar-refractivity contribution in [2.45, 2.75) is 37.4 Å². The third kappa shape index (κ3) is 4.57. The summed E-state index contributed by atoms with van der Waals surface area (Å²) < 4.78 is 2.05. The minimum absolute atomic E-state index is 0.0973. The number of carbonyl (C=O) groups excluding carboxylic acids is 1. The maximum Gasteiger partial charge on any atom is 0.234 e. The van der Waals surface area contributed by atoms with Crippen LogP contribution in [0.1, 0.15) is 23.3 Å². The van der Waals surface area contributed by atoms with Gasteiger partial charge in [0, 0.05) is 33.1 Å². The van der Waals surface area contributed by atoms with Gasteiger partial charge in [-0.15, -0.1) is 28.1 Å². The van der Waals surface area contributed by atoms with Crippen molar-refractivity contribution in [1.82, 2.24) is 14.8 Å². The van der Waals surface area contributed by atoms with Gasteiger partial charge >= 0.3 is 0 Å². The smallest absolute Gasteiger partial charge is 0.234 e. The number of thioether (sulfide) groups is 1. The molecule has 5 nitrogen and oxygen atoms in total. The second-order valence-electron chi connectivity index (χ2n) is 6.81. The Morgan fingerprint density at radius 2 is 2.07 bits per heavy atom. The van der Waals surface area contributed by atoms with Gasteiger partial charge in [-0.1, -0.05) is 29.4 Å². The quantitative estimate of drug-likeness (QED) is 0.388. The highest BCUT2D eigenvalue weighted by Gasteiger charge is 2.22. The number of benzene rings is 1. The van der Waals surface area contributed by atoms with Crippen LogP contribution >= 0.6 is 34.7 Å². The van der Waals surface area contributed by atoms with Crippen molar-refractivity contribution in [3.05, 3.63) is 57.8 Å². The van der Waals surface area contributed by atoms with Crippen molar-refractivity contribution < 1.29 is 4.79 Å². The molecule has 0 aliphatic heterocycles. The van der Waals surface area contributed by atoms with Crippen LogP contribution in [0.5, 0.6) is 0 Å². The second kappa shape index (κ2) is 9.15. The van der Waals surface area contributed by atoms with Gasteiger partial charge in [-0.25, -0.2) is 0 Å². The maximum absolute atomic E-state index is 12.3. The number of nitrogens with zero attached hydrogens (tertiary/aromatic N) is 3. The number of anilines is 1. The zero-order valence-corrected chi connectivity index (χ0v) is 18.2. The van der Waals surface area contributed by atoms with Crippen molar-refractivity contribution >= 4 is 46.3 Å². The number of halogens is 1. The van der Waals surface area contributed by atoms with Gasteiger partial charge < -0.3 is 5.32 Å². The Labute approximate surface area is 183 Å². The zero-order chi connectivity index (χ0) is 20.2. The number of allylic oxidation sites excluding steroid dienone is 1. The molecule has 0 atom stereocenters. The number of nitrogens with one attached hydrogen (secondary N) is 1. The van der Waals surface area contributed by atoms with E-state index in [-0.39, 0.29) is 11.7 Å². The Hall–Kier alpha value is -2.09. The number of thiophene rings is 1. The fourth-order valence-electron chi connectivity index (χ4n) is 3.43. The Balaban J connectivity index is 1.49. The number of rotatable bonds is 7. The highest BCUT2D eigenvalue weighted by atomic mass is 35.5. The lowest BCUT2D eigenvalue weighted by atomic mass is 9.95. The van der Waals surface area contributed by atoms with Crippen LogP contribution in [0.2, 0.25) is 5.02 Å². The maximum atomic E-state index is 12.3. The Morgan fingerprint density at radius 3 is 2.86 bits per heavy atom. The summed E-state index contributed by atoms with van der Waals surface area (Å²) in [6.07, 6.45) is 6.57. The molecular formula is C21H21ClN4OS2. The van der Waals surface area contributed by atoms with Crippen LogP contribution in [0.4, 0.5) is 5.69 Å². The zero-order valence-electron chi connectivity index (χ0n) is 15.9. The third-order valence-electron chi connectivity index (χ3n) is 4.79. The second-order valence-corrected chi connectivity index (χ2v) is 9.15. The van der Waals surface area contributed by atoms with Gasteiger partial charge in [-0.2, -0.15) is 0 Å². The van der Waals surface area contributed by atoms with E-state index in [1.807, 2.05) is 22.0 Å². The van der Waals surface area contributed by atoms with E-state index in [4.69, 9.17) is 11.6 Å². The monoisotopic (exact) mass is 444 g/mol.